The normalized spacial score (nSPS) is 12.3. The second-order valence-corrected chi connectivity index (χ2v) is 3.12. The summed E-state index contributed by atoms with van der Waals surface area (Å²) in [6, 6.07) is 3.66. The summed E-state index contributed by atoms with van der Waals surface area (Å²) in [7, 11) is 1.17. The monoisotopic (exact) mass is 285 g/mol. The van der Waals surface area contributed by atoms with E-state index in [1.165, 1.54) is 19.2 Å². The third-order valence-electron chi connectivity index (χ3n) is 1.93. The molecule has 102 valence electrons. The first kappa shape index (κ1) is 16.5. The lowest BCUT2D eigenvalue weighted by atomic mass is 10.1. The minimum absolute atomic E-state index is 0. The molecule has 1 aromatic rings. The van der Waals surface area contributed by atoms with Gasteiger partial charge in [-0.25, -0.2) is 0 Å². The molecule has 0 heterocycles. The van der Waals surface area contributed by atoms with Gasteiger partial charge in [-0.05, 0) is 17.7 Å². The van der Waals surface area contributed by atoms with Crippen molar-refractivity contribution in [3.05, 3.63) is 29.8 Å². The Labute approximate surface area is 107 Å². The maximum absolute atomic E-state index is 11.9. The van der Waals surface area contributed by atoms with Gasteiger partial charge in [-0.3, -0.25) is 4.79 Å². The van der Waals surface area contributed by atoms with Gasteiger partial charge in [-0.15, -0.1) is 25.6 Å². The molecule has 4 nitrogen and oxygen atoms in total. The molecule has 1 atom stereocenters. The number of hydrogen-bond acceptors (Lipinski definition) is 4. The van der Waals surface area contributed by atoms with E-state index in [1.54, 1.807) is 0 Å². The summed E-state index contributed by atoms with van der Waals surface area (Å²) in [6.45, 7) is 0. The summed E-state index contributed by atoms with van der Waals surface area (Å²) in [5.74, 6) is -1.05. The summed E-state index contributed by atoms with van der Waals surface area (Å²) < 4.78 is 43.7. The Morgan fingerprint density at radius 3 is 2.17 bits per heavy atom. The first-order chi connectivity index (χ1) is 7.83. The molecule has 0 aliphatic rings. The van der Waals surface area contributed by atoms with Crippen molar-refractivity contribution in [1.82, 2.24) is 0 Å². The molecule has 0 bridgehead atoms. The van der Waals surface area contributed by atoms with Gasteiger partial charge in [-0.1, -0.05) is 12.1 Å². The molecule has 0 fully saturated rings. The van der Waals surface area contributed by atoms with Crippen LogP contribution in [0.2, 0.25) is 0 Å². The second kappa shape index (κ2) is 6.46. The van der Waals surface area contributed by atoms with Gasteiger partial charge in [0.05, 0.1) is 7.11 Å². The van der Waals surface area contributed by atoms with Gasteiger partial charge in [0.15, 0.2) is 0 Å². The number of halogens is 4. The topological polar surface area (TPSA) is 61.5 Å². The Morgan fingerprint density at radius 2 is 1.78 bits per heavy atom. The third-order valence-corrected chi connectivity index (χ3v) is 1.93. The quantitative estimate of drug-likeness (QED) is 0.865. The van der Waals surface area contributed by atoms with Crippen molar-refractivity contribution >= 4 is 18.4 Å². The fourth-order valence-electron chi connectivity index (χ4n) is 1.14. The van der Waals surface area contributed by atoms with E-state index in [1.807, 2.05) is 0 Å². The van der Waals surface area contributed by atoms with Crippen LogP contribution in [0.1, 0.15) is 11.6 Å². The van der Waals surface area contributed by atoms with Crippen molar-refractivity contribution in [2.24, 2.45) is 5.73 Å². The van der Waals surface area contributed by atoms with Crippen LogP contribution in [0, 0.1) is 0 Å². The molecule has 8 heteroatoms. The van der Waals surface area contributed by atoms with Crippen LogP contribution in [0.5, 0.6) is 5.75 Å². The van der Waals surface area contributed by atoms with E-state index in [-0.39, 0.29) is 18.2 Å². The van der Waals surface area contributed by atoms with E-state index >= 15 is 0 Å². The van der Waals surface area contributed by atoms with E-state index < -0.39 is 18.4 Å². The van der Waals surface area contributed by atoms with Crippen molar-refractivity contribution in [2.75, 3.05) is 7.11 Å². The van der Waals surface area contributed by atoms with Crippen LogP contribution in [0.3, 0.4) is 0 Å². The van der Waals surface area contributed by atoms with E-state index in [4.69, 9.17) is 5.73 Å². The summed E-state index contributed by atoms with van der Waals surface area (Å²) >= 11 is 0. The summed E-state index contributed by atoms with van der Waals surface area (Å²) in [5.41, 5.74) is 5.83. The molecule has 0 unspecified atom stereocenters. The van der Waals surface area contributed by atoms with Gasteiger partial charge in [0.25, 0.3) is 0 Å². The number of esters is 1. The predicted molar refractivity (Wildman–Crippen MR) is 59.3 cm³/mol. The number of carbonyl (C=O) groups excluding carboxylic acids is 1. The van der Waals surface area contributed by atoms with Crippen LogP contribution in [-0.4, -0.2) is 19.4 Å². The molecule has 18 heavy (non-hydrogen) atoms. The van der Waals surface area contributed by atoms with Gasteiger partial charge in [-0.2, -0.15) is 0 Å². The number of carbonyl (C=O) groups is 1. The van der Waals surface area contributed by atoms with Gasteiger partial charge >= 0.3 is 12.3 Å². The SMILES string of the molecule is COC(=O)[C@H](N)c1ccc(OC(F)(F)F)cc1.Cl. The minimum Gasteiger partial charge on any atom is -0.468 e. The molecular weight excluding hydrogens is 275 g/mol. The largest absolute Gasteiger partial charge is 0.573 e. The zero-order chi connectivity index (χ0) is 13.1. The number of methoxy groups -OCH3 is 1. The van der Waals surface area contributed by atoms with Crippen molar-refractivity contribution in [1.29, 1.82) is 0 Å². The summed E-state index contributed by atoms with van der Waals surface area (Å²) in [6.07, 6.45) is -4.74. The van der Waals surface area contributed by atoms with Crippen molar-refractivity contribution in [3.63, 3.8) is 0 Å². The molecule has 0 amide bonds. The molecule has 1 rings (SSSR count). The molecule has 0 aromatic heterocycles. The molecule has 0 radical (unpaired) electrons. The highest BCUT2D eigenvalue weighted by molar-refractivity contribution is 5.85. The standard InChI is InChI=1S/C10H10F3NO3.ClH/c1-16-9(15)8(14)6-2-4-7(5-3-6)17-10(11,12)13;/h2-5,8H,14H2,1H3;1H/t8-;/m1./s1. The highest BCUT2D eigenvalue weighted by Gasteiger charge is 2.31. The van der Waals surface area contributed by atoms with E-state index in [9.17, 15) is 18.0 Å². The smallest absolute Gasteiger partial charge is 0.468 e. The number of hydrogen-bond donors (Lipinski definition) is 1. The molecule has 0 spiro atoms. The van der Waals surface area contributed by atoms with E-state index in [0.717, 1.165) is 12.1 Å². The number of benzene rings is 1. The maximum Gasteiger partial charge on any atom is 0.573 e. The average molecular weight is 286 g/mol. The first-order valence-corrected chi connectivity index (χ1v) is 4.52. The van der Waals surface area contributed by atoms with Gasteiger partial charge in [0, 0.05) is 0 Å². The molecule has 0 saturated carbocycles. The zero-order valence-electron chi connectivity index (χ0n) is 9.23. The summed E-state index contributed by atoms with van der Waals surface area (Å²) in [5, 5.41) is 0. The van der Waals surface area contributed by atoms with Crippen molar-refractivity contribution in [3.8, 4) is 5.75 Å². The van der Waals surface area contributed by atoms with Gasteiger partial charge < -0.3 is 15.2 Å². The Hall–Kier alpha value is -1.47. The van der Waals surface area contributed by atoms with E-state index in [2.05, 4.69) is 9.47 Å². The first-order valence-electron chi connectivity index (χ1n) is 4.52. The molecule has 0 saturated heterocycles. The van der Waals surface area contributed by atoms with Gasteiger partial charge in [0.1, 0.15) is 11.8 Å². The van der Waals surface area contributed by atoms with E-state index in [0.29, 0.717) is 5.56 Å². The lowest BCUT2D eigenvalue weighted by Crippen LogP contribution is -2.22. The fraction of sp³-hybridized carbons (Fsp3) is 0.300. The summed E-state index contributed by atoms with van der Waals surface area (Å²) in [4.78, 5) is 11.1. The molecule has 0 aliphatic carbocycles. The lowest BCUT2D eigenvalue weighted by Gasteiger charge is -2.11. The Kier molecular flexibility index (Phi) is 5.93. The van der Waals surface area contributed by atoms with Crippen LogP contribution in [0.25, 0.3) is 0 Å². The lowest BCUT2D eigenvalue weighted by molar-refractivity contribution is -0.274. The van der Waals surface area contributed by atoms with Crippen LogP contribution in [0.4, 0.5) is 13.2 Å². The van der Waals surface area contributed by atoms with Crippen LogP contribution >= 0.6 is 12.4 Å². The van der Waals surface area contributed by atoms with Gasteiger partial charge in [0.2, 0.25) is 0 Å². The minimum atomic E-state index is -4.74. The maximum atomic E-state index is 11.9. The Bertz CT molecular complexity index is 394. The molecular formula is C10H11ClF3NO3. The average Bonchev–Trinajstić information content (AvgIpc) is 2.26. The highest BCUT2D eigenvalue weighted by Crippen LogP contribution is 2.24. The highest BCUT2D eigenvalue weighted by atomic mass is 35.5. The molecule has 0 aliphatic heterocycles. The second-order valence-electron chi connectivity index (χ2n) is 3.12. The van der Waals surface area contributed by atoms with Crippen LogP contribution in [0.15, 0.2) is 24.3 Å². The fourth-order valence-corrected chi connectivity index (χ4v) is 1.14. The molecule has 2 N–H and O–H groups in total. The number of nitrogens with two attached hydrogens (primary N) is 1. The third kappa shape index (κ3) is 4.80. The zero-order valence-corrected chi connectivity index (χ0v) is 10.0. The predicted octanol–water partition coefficient (Wildman–Crippen LogP) is 2.18. The Balaban J connectivity index is 0.00000289. The Morgan fingerprint density at radius 1 is 1.28 bits per heavy atom. The molecule has 1 aromatic carbocycles. The van der Waals surface area contributed by atoms with Crippen molar-refractivity contribution < 1.29 is 27.4 Å². The number of rotatable bonds is 3. The van der Waals surface area contributed by atoms with Crippen LogP contribution in [-0.2, 0) is 9.53 Å². The number of alkyl halides is 3. The van der Waals surface area contributed by atoms with Crippen LogP contribution < -0.4 is 10.5 Å². The van der Waals surface area contributed by atoms with Crippen molar-refractivity contribution in [2.45, 2.75) is 12.4 Å². The number of ether oxygens (including phenoxy) is 2.